The number of halogens is 1. The van der Waals surface area contributed by atoms with E-state index in [1.54, 1.807) is 38.1 Å². The Morgan fingerprint density at radius 2 is 1.97 bits per heavy atom. The summed E-state index contributed by atoms with van der Waals surface area (Å²) >= 11 is 7.42. The second kappa shape index (κ2) is 9.91. The van der Waals surface area contributed by atoms with Crippen LogP contribution in [0.25, 0.3) is 17.4 Å². The lowest BCUT2D eigenvalue weighted by atomic mass is 9.95. The highest BCUT2D eigenvalue weighted by molar-refractivity contribution is 7.07. The van der Waals surface area contributed by atoms with Gasteiger partial charge in [-0.2, -0.15) is 0 Å². The number of nitrogens with zero attached hydrogens (tertiary/aromatic N) is 2. The number of allylic oxidation sites excluding steroid dienone is 1. The second-order valence-electron chi connectivity index (χ2n) is 9.08. The predicted octanol–water partition coefficient (Wildman–Crippen LogP) is 4.75. The quantitative estimate of drug-likeness (QED) is 0.326. The molecule has 0 bridgehead atoms. The number of rotatable bonds is 5. The number of hydrogen-bond acceptors (Lipinski definition) is 8. The molecule has 4 heterocycles. The zero-order chi connectivity index (χ0) is 27.3. The predicted molar refractivity (Wildman–Crippen MR) is 147 cm³/mol. The van der Waals surface area contributed by atoms with E-state index >= 15 is 0 Å². The van der Waals surface area contributed by atoms with Crippen LogP contribution < -0.4 is 24.4 Å². The summed E-state index contributed by atoms with van der Waals surface area (Å²) in [5.41, 5.74) is 3.06. The summed E-state index contributed by atoms with van der Waals surface area (Å²) in [4.78, 5) is 32.0. The Hall–Kier alpha value is -4.08. The summed E-state index contributed by atoms with van der Waals surface area (Å²) in [7, 11) is 0. The van der Waals surface area contributed by atoms with Gasteiger partial charge in [-0.25, -0.2) is 9.79 Å². The molecule has 0 aliphatic carbocycles. The van der Waals surface area contributed by atoms with Crippen molar-refractivity contribution in [3.63, 3.8) is 0 Å². The lowest BCUT2D eigenvalue weighted by Crippen LogP contribution is -2.39. The highest BCUT2D eigenvalue weighted by Gasteiger charge is 2.34. The molecule has 198 valence electrons. The highest BCUT2D eigenvalue weighted by atomic mass is 35.5. The number of aromatic nitrogens is 1. The topological polar surface area (TPSA) is 92.3 Å². The molecule has 0 spiro atoms. The lowest BCUT2D eigenvalue weighted by molar-refractivity contribution is -0.139. The van der Waals surface area contributed by atoms with Crippen LogP contribution in [-0.2, 0) is 9.53 Å². The number of fused-ring (bicyclic) bond motifs is 2. The molecule has 0 amide bonds. The fourth-order valence-electron chi connectivity index (χ4n) is 4.75. The molecule has 0 radical (unpaired) electrons. The Bertz CT molecular complexity index is 1850. The third kappa shape index (κ3) is 4.47. The van der Waals surface area contributed by atoms with Gasteiger partial charge in [-0.15, -0.1) is 0 Å². The number of benzene rings is 2. The molecule has 0 N–H and O–H groups in total. The van der Waals surface area contributed by atoms with Crippen LogP contribution in [0.1, 0.15) is 36.8 Å². The summed E-state index contributed by atoms with van der Waals surface area (Å²) in [6.07, 6.45) is 1.69. The molecule has 2 aromatic carbocycles. The minimum absolute atomic E-state index is 0.112. The average molecular weight is 563 g/mol. The zero-order valence-corrected chi connectivity index (χ0v) is 22.9. The van der Waals surface area contributed by atoms with E-state index in [9.17, 15) is 9.59 Å². The number of hydrogen-bond donors (Lipinski definition) is 0. The first-order valence-electron chi connectivity index (χ1n) is 12.3. The van der Waals surface area contributed by atoms with Crippen molar-refractivity contribution in [3.8, 4) is 22.8 Å². The molecule has 2 aliphatic rings. The molecular weight excluding hydrogens is 540 g/mol. The third-order valence-electron chi connectivity index (χ3n) is 6.59. The molecule has 10 heteroatoms. The Labute approximate surface area is 232 Å². The van der Waals surface area contributed by atoms with Gasteiger partial charge >= 0.3 is 5.97 Å². The van der Waals surface area contributed by atoms with Crippen LogP contribution in [0.3, 0.4) is 0 Å². The summed E-state index contributed by atoms with van der Waals surface area (Å²) in [5, 5.41) is 0.609. The van der Waals surface area contributed by atoms with Crippen LogP contribution in [0.5, 0.6) is 11.5 Å². The van der Waals surface area contributed by atoms with Crippen molar-refractivity contribution in [2.24, 2.45) is 4.99 Å². The minimum atomic E-state index is -0.752. The van der Waals surface area contributed by atoms with Gasteiger partial charge in [0.05, 0.1) is 28.5 Å². The number of thiazole rings is 1. The Morgan fingerprint density at radius 3 is 2.79 bits per heavy atom. The highest BCUT2D eigenvalue weighted by Crippen LogP contribution is 2.38. The molecular formula is C29H23ClN2O6S. The van der Waals surface area contributed by atoms with Crippen molar-refractivity contribution < 1.29 is 23.4 Å². The Kier molecular flexibility index (Phi) is 6.40. The Balaban J connectivity index is 1.48. The summed E-state index contributed by atoms with van der Waals surface area (Å²) in [6, 6.07) is 13.9. The molecule has 0 saturated carbocycles. The maximum Gasteiger partial charge on any atom is 0.338 e. The summed E-state index contributed by atoms with van der Waals surface area (Å²) in [6.45, 7) is 5.77. The van der Waals surface area contributed by atoms with Crippen LogP contribution in [0, 0.1) is 6.92 Å². The van der Waals surface area contributed by atoms with Gasteiger partial charge < -0.3 is 18.6 Å². The van der Waals surface area contributed by atoms with Crippen LogP contribution in [0.2, 0.25) is 5.02 Å². The number of carbonyl (C=O) groups excluding carboxylic acids is 1. The molecule has 39 heavy (non-hydrogen) atoms. The number of furan rings is 1. The molecule has 0 fully saturated rings. The molecule has 1 atom stereocenters. The van der Waals surface area contributed by atoms with Gasteiger partial charge in [-0.05, 0) is 68.3 Å². The van der Waals surface area contributed by atoms with Crippen molar-refractivity contribution in [2.75, 3.05) is 13.4 Å². The van der Waals surface area contributed by atoms with E-state index in [4.69, 9.17) is 30.2 Å². The zero-order valence-electron chi connectivity index (χ0n) is 21.3. The van der Waals surface area contributed by atoms with Gasteiger partial charge in [0, 0.05) is 16.7 Å². The van der Waals surface area contributed by atoms with E-state index in [0.29, 0.717) is 54.2 Å². The van der Waals surface area contributed by atoms with Gasteiger partial charge in [-0.3, -0.25) is 9.36 Å². The molecule has 2 aliphatic heterocycles. The largest absolute Gasteiger partial charge is 0.463 e. The minimum Gasteiger partial charge on any atom is -0.463 e. The fraction of sp³-hybridized carbons (Fsp3) is 0.207. The third-order valence-corrected chi connectivity index (χ3v) is 7.81. The maximum absolute atomic E-state index is 13.8. The molecule has 1 unspecified atom stereocenters. The summed E-state index contributed by atoms with van der Waals surface area (Å²) in [5.74, 6) is 1.78. The van der Waals surface area contributed by atoms with Gasteiger partial charge in [0.25, 0.3) is 5.56 Å². The van der Waals surface area contributed by atoms with Crippen molar-refractivity contribution in [2.45, 2.75) is 26.8 Å². The van der Waals surface area contributed by atoms with Gasteiger partial charge in [-0.1, -0.05) is 35.1 Å². The van der Waals surface area contributed by atoms with E-state index in [1.165, 1.54) is 15.9 Å². The normalized spacial score (nSPS) is 16.3. The number of ether oxygens (including phenoxy) is 3. The van der Waals surface area contributed by atoms with Crippen molar-refractivity contribution in [1.82, 2.24) is 4.57 Å². The van der Waals surface area contributed by atoms with Crippen molar-refractivity contribution >= 4 is 35.0 Å². The maximum atomic E-state index is 13.8. The Morgan fingerprint density at radius 1 is 1.15 bits per heavy atom. The van der Waals surface area contributed by atoms with Crippen LogP contribution >= 0.6 is 22.9 Å². The van der Waals surface area contributed by atoms with Gasteiger partial charge in [0.1, 0.15) is 11.5 Å². The van der Waals surface area contributed by atoms with Crippen LogP contribution in [0.15, 0.2) is 74.0 Å². The average Bonchev–Trinajstić information content (AvgIpc) is 3.64. The van der Waals surface area contributed by atoms with E-state index in [-0.39, 0.29) is 19.0 Å². The SMILES string of the molecule is CCOC(=O)C1=C(C)N=c2s/c(=C\c3ccc(-c4cc(Cl)ccc4C)o3)c(=O)n2C1c1ccc2c(c1)OCO2. The van der Waals surface area contributed by atoms with Crippen LogP contribution in [0.4, 0.5) is 0 Å². The lowest BCUT2D eigenvalue weighted by Gasteiger charge is -2.24. The molecule has 0 saturated heterocycles. The van der Waals surface area contributed by atoms with Crippen molar-refractivity contribution in [3.05, 3.63) is 101 Å². The van der Waals surface area contributed by atoms with Gasteiger partial charge in [0.15, 0.2) is 16.3 Å². The summed E-state index contributed by atoms with van der Waals surface area (Å²) < 4.78 is 24.4. The van der Waals surface area contributed by atoms with Crippen LogP contribution in [-0.4, -0.2) is 23.9 Å². The molecule has 2 aromatic heterocycles. The number of esters is 1. The van der Waals surface area contributed by atoms with E-state index < -0.39 is 12.0 Å². The monoisotopic (exact) mass is 562 g/mol. The second-order valence-corrected chi connectivity index (χ2v) is 10.5. The van der Waals surface area contributed by atoms with Crippen molar-refractivity contribution in [1.29, 1.82) is 0 Å². The first-order chi connectivity index (χ1) is 18.8. The smallest absolute Gasteiger partial charge is 0.338 e. The van der Waals surface area contributed by atoms with E-state index in [1.807, 2.05) is 37.3 Å². The standard InChI is InChI=1S/C29H23ClN2O6S/c1-4-35-28(34)25-16(3)31-29-32(26(25)17-6-9-22-23(11-17)37-14-36-22)27(33)24(39-29)13-19-8-10-21(38-19)20-12-18(30)7-5-15(20)2/h5-13,26H,4,14H2,1-3H3/b24-13-. The molecule has 8 nitrogen and oxygen atoms in total. The fourth-order valence-corrected chi connectivity index (χ4v) is 5.95. The number of carbonyl (C=O) groups is 1. The number of aryl methyl sites for hydroxylation is 1. The van der Waals surface area contributed by atoms with E-state index in [2.05, 4.69) is 4.99 Å². The molecule has 4 aromatic rings. The first kappa shape index (κ1) is 25.2. The van der Waals surface area contributed by atoms with E-state index in [0.717, 1.165) is 11.1 Å². The van der Waals surface area contributed by atoms with Gasteiger partial charge in [0.2, 0.25) is 6.79 Å². The first-order valence-corrected chi connectivity index (χ1v) is 13.5. The molecule has 6 rings (SSSR count).